The van der Waals surface area contributed by atoms with E-state index in [-0.39, 0.29) is 0 Å². The Balaban J connectivity index is 2.39. The van der Waals surface area contributed by atoms with E-state index in [1.54, 1.807) is 13.0 Å². The van der Waals surface area contributed by atoms with Crippen LogP contribution in [0.3, 0.4) is 0 Å². The van der Waals surface area contributed by atoms with Gasteiger partial charge in [-0.15, -0.1) is 6.58 Å². The summed E-state index contributed by atoms with van der Waals surface area (Å²) in [6.45, 7) is 5.60. The minimum Gasteiger partial charge on any atom is -0.390 e. The molecule has 0 saturated carbocycles. The van der Waals surface area contributed by atoms with Crippen LogP contribution in [0.2, 0.25) is 0 Å². The van der Waals surface area contributed by atoms with Crippen LogP contribution in [0.1, 0.15) is 13.3 Å². The Labute approximate surface area is 77.8 Å². The number of aliphatic hydroxyl groups excluding tert-OH is 2. The lowest BCUT2D eigenvalue weighted by atomic mass is 10.0. The van der Waals surface area contributed by atoms with Crippen LogP contribution in [0.15, 0.2) is 12.7 Å². The standard InChI is InChI=1S/C9H16O4/c1-3-4-12-8-5-7(10)9(11)6(2)13-8/h3,6-11H,1,4-5H2,2H3/t6-,7-,8+,9-/m0/s1. The van der Waals surface area contributed by atoms with Gasteiger partial charge in [-0.05, 0) is 6.92 Å². The zero-order valence-electron chi connectivity index (χ0n) is 7.72. The Hall–Kier alpha value is -0.420. The van der Waals surface area contributed by atoms with Crippen molar-refractivity contribution in [3.63, 3.8) is 0 Å². The molecule has 0 spiro atoms. The van der Waals surface area contributed by atoms with Crippen molar-refractivity contribution in [1.82, 2.24) is 0 Å². The van der Waals surface area contributed by atoms with Gasteiger partial charge in [0.15, 0.2) is 6.29 Å². The first-order chi connectivity index (χ1) is 6.15. The van der Waals surface area contributed by atoms with Crippen LogP contribution in [0, 0.1) is 0 Å². The fourth-order valence-corrected chi connectivity index (χ4v) is 1.31. The molecular formula is C9H16O4. The Kier molecular flexibility index (Phi) is 3.87. The Morgan fingerprint density at radius 2 is 2.31 bits per heavy atom. The van der Waals surface area contributed by atoms with Crippen LogP contribution in [-0.4, -0.2) is 41.4 Å². The molecule has 0 amide bonds. The van der Waals surface area contributed by atoms with Gasteiger partial charge >= 0.3 is 0 Å². The predicted molar refractivity (Wildman–Crippen MR) is 47.1 cm³/mol. The van der Waals surface area contributed by atoms with Gasteiger partial charge in [-0.25, -0.2) is 0 Å². The second kappa shape index (κ2) is 4.72. The molecule has 1 saturated heterocycles. The molecule has 1 heterocycles. The van der Waals surface area contributed by atoms with Gasteiger partial charge in [-0.1, -0.05) is 6.08 Å². The van der Waals surface area contributed by atoms with Gasteiger partial charge < -0.3 is 19.7 Å². The van der Waals surface area contributed by atoms with E-state index in [1.807, 2.05) is 0 Å². The van der Waals surface area contributed by atoms with Crippen molar-refractivity contribution in [2.24, 2.45) is 0 Å². The monoisotopic (exact) mass is 188 g/mol. The van der Waals surface area contributed by atoms with Gasteiger partial charge in [0.2, 0.25) is 0 Å². The molecule has 13 heavy (non-hydrogen) atoms. The first kappa shape index (κ1) is 10.7. The van der Waals surface area contributed by atoms with Crippen molar-refractivity contribution in [1.29, 1.82) is 0 Å². The lowest BCUT2D eigenvalue weighted by molar-refractivity contribution is -0.242. The molecule has 1 aliphatic rings. The first-order valence-electron chi connectivity index (χ1n) is 4.39. The fraction of sp³-hybridized carbons (Fsp3) is 0.778. The molecule has 0 radical (unpaired) electrons. The topological polar surface area (TPSA) is 58.9 Å². The first-order valence-corrected chi connectivity index (χ1v) is 4.39. The highest BCUT2D eigenvalue weighted by atomic mass is 16.7. The summed E-state index contributed by atoms with van der Waals surface area (Å²) in [5, 5.41) is 18.7. The summed E-state index contributed by atoms with van der Waals surface area (Å²) in [5.41, 5.74) is 0. The van der Waals surface area contributed by atoms with Crippen LogP contribution in [0.4, 0.5) is 0 Å². The predicted octanol–water partition coefficient (Wildman–Crippen LogP) is 0.0457. The Morgan fingerprint density at radius 1 is 1.62 bits per heavy atom. The minimum absolute atomic E-state index is 0.305. The molecule has 0 aromatic heterocycles. The normalized spacial score (nSPS) is 40.2. The zero-order chi connectivity index (χ0) is 9.84. The summed E-state index contributed by atoms with van der Waals surface area (Å²) in [6, 6.07) is 0. The lowest BCUT2D eigenvalue weighted by Crippen LogP contribution is -2.47. The van der Waals surface area contributed by atoms with Crippen molar-refractivity contribution in [2.45, 2.75) is 37.9 Å². The maximum atomic E-state index is 9.38. The molecule has 0 unspecified atom stereocenters. The SMILES string of the molecule is C=CCO[C@H]1C[C@H](O)[C@@H](O)[C@H](C)O1. The molecule has 4 heteroatoms. The quantitative estimate of drug-likeness (QED) is 0.614. The van der Waals surface area contributed by atoms with E-state index in [9.17, 15) is 10.2 Å². The van der Waals surface area contributed by atoms with Gasteiger partial charge in [0.1, 0.15) is 6.10 Å². The van der Waals surface area contributed by atoms with Crippen molar-refractivity contribution < 1.29 is 19.7 Å². The van der Waals surface area contributed by atoms with Crippen molar-refractivity contribution in [3.05, 3.63) is 12.7 Å². The third kappa shape index (κ3) is 2.77. The molecule has 4 atom stereocenters. The van der Waals surface area contributed by atoms with Crippen molar-refractivity contribution in [3.8, 4) is 0 Å². The molecule has 4 nitrogen and oxygen atoms in total. The second-order valence-electron chi connectivity index (χ2n) is 3.19. The molecule has 0 aromatic carbocycles. The molecule has 0 aromatic rings. The van der Waals surface area contributed by atoms with E-state index >= 15 is 0 Å². The molecule has 1 fully saturated rings. The molecule has 1 rings (SSSR count). The van der Waals surface area contributed by atoms with Gasteiger partial charge in [-0.2, -0.15) is 0 Å². The van der Waals surface area contributed by atoms with Crippen molar-refractivity contribution >= 4 is 0 Å². The molecule has 1 aliphatic heterocycles. The molecule has 0 bridgehead atoms. The highest BCUT2D eigenvalue weighted by Crippen LogP contribution is 2.20. The number of aliphatic hydroxyl groups is 2. The highest BCUT2D eigenvalue weighted by molar-refractivity contribution is 4.80. The molecule has 76 valence electrons. The Bertz CT molecular complexity index is 159. The second-order valence-corrected chi connectivity index (χ2v) is 3.19. The van der Waals surface area contributed by atoms with E-state index in [2.05, 4.69) is 6.58 Å². The van der Waals surface area contributed by atoms with Crippen LogP contribution in [-0.2, 0) is 9.47 Å². The van der Waals surface area contributed by atoms with Gasteiger partial charge in [0.25, 0.3) is 0 Å². The largest absolute Gasteiger partial charge is 0.390 e. The van der Waals surface area contributed by atoms with E-state index in [0.29, 0.717) is 13.0 Å². The van der Waals surface area contributed by atoms with E-state index in [0.717, 1.165) is 0 Å². The van der Waals surface area contributed by atoms with Crippen LogP contribution in [0.5, 0.6) is 0 Å². The average molecular weight is 188 g/mol. The van der Waals surface area contributed by atoms with Crippen LogP contribution < -0.4 is 0 Å². The molecule has 2 N–H and O–H groups in total. The van der Waals surface area contributed by atoms with E-state index < -0.39 is 24.6 Å². The van der Waals surface area contributed by atoms with Gasteiger partial charge in [-0.3, -0.25) is 0 Å². The number of hydrogen-bond donors (Lipinski definition) is 2. The van der Waals surface area contributed by atoms with Crippen molar-refractivity contribution in [2.75, 3.05) is 6.61 Å². The minimum atomic E-state index is -0.816. The highest BCUT2D eigenvalue weighted by Gasteiger charge is 2.34. The Morgan fingerprint density at radius 3 is 2.85 bits per heavy atom. The number of hydrogen-bond acceptors (Lipinski definition) is 4. The van der Waals surface area contributed by atoms with Gasteiger partial charge in [0, 0.05) is 6.42 Å². The van der Waals surface area contributed by atoms with Crippen LogP contribution >= 0.6 is 0 Å². The summed E-state index contributed by atoms with van der Waals surface area (Å²) in [5.74, 6) is 0. The summed E-state index contributed by atoms with van der Waals surface area (Å²) < 4.78 is 10.5. The molecule has 0 aliphatic carbocycles. The number of ether oxygens (including phenoxy) is 2. The lowest BCUT2D eigenvalue weighted by Gasteiger charge is -2.34. The zero-order valence-corrected chi connectivity index (χ0v) is 7.72. The molecular weight excluding hydrogens is 172 g/mol. The summed E-state index contributed by atoms with van der Waals surface area (Å²) in [4.78, 5) is 0. The average Bonchev–Trinajstić information content (AvgIpc) is 2.10. The number of rotatable bonds is 3. The summed E-state index contributed by atoms with van der Waals surface area (Å²) in [7, 11) is 0. The smallest absolute Gasteiger partial charge is 0.161 e. The third-order valence-corrected chi connectivity index (χ3v) is 2.08. The summed E-state index contributed by atoms with van der Waals surface area (Å²) in [6.07, 6.45) is -0.489. The fourth-order valence-electron chi connectivity index (χ4n) is 1.31. The third-order valence-electron chi connectivity index (χ3n) is 2.08. The van der Waals surface area contributed by atoms with E-state index in [1.165, 1.54) is 0 Å². The maximum absolute atomic E-state index is 9.38. The van der Waals surface area contributed by atoms with Gasteiger partial charge in [0.05, 0.1) is 18.8 Å². The maximum Gasteiger partial charge on any atom is 0.161 e. The van der Waals surface area contributed by atoms with Crippen LogP contribution in [0.25, 0.3) is 0 Å². The van der Waals surface area contributed by atoms with E-state index in [4.69, 9.17) is 9.47 Å². The summed E-state index contributed by atoms with van der Waals surface area (Å²) >= 11 is 0.